The summed E-state index contributed by atoms with van der Waals surface area (Å²) in [6, 6.07) is 9.20. The summed E-state index contributed by atoms with van der Waals surface area (Å²) in [5.74, 6) is -0.564. The van der Waals surface area contributed by atoms with Crippen LogP contribution in [0.1, 0.15) is 21.5 Å². The zero-order valence-electron chi connectivity index (χ0n) is 12.8. The highest BCUT2D eigenvalue weighted by Crippen LogP contribution is 2.18. The molecule has 0 saturated heterocycles. The lowest BCUT2D eigenvalue weighted by atomic mass is 10.1. The van der Waals surface area contributed by atoms with Crippen LogP contribution in [0, 0.1) is 12.7 Å². The number of aromatic nitrogens is 3. The molecule has 0 radical (unpaired) electrons. The fraction of sp³-hybridized carbons (Fsp3) is 0.118. The normalized spacial score (nSPS) is 10.6. The summed E-state index contributed by atoms with van der Waals surface area (Å²) in [5.41, 5.74) is 1.46. The molecule has 0 spiro atoms. The second-order valence-corrected chi connectivity index (χ2v) is 5.16. The van der Waals surface area contributed by atoms with Gasteiger partial charge in [-0.15, -0.1) is 0 Å². The molecule has 0 bridgehead atoms. The number of nitrogens with zero attached hydrogens (tertiary/aromatic N) is 3. The first-order valence-corrected chi connectivity index (χ1v) is 7.16. The lowest BCUT2D eigenvalue weighted by Crippen LogP contribution is -2.07. The van der Waals surface area contributed by atoms with Gasteiger partial charge >= 0.3 is 5.97 Å². The molecule has 0 unspecified atom stereocenters. The molecule has 0 aliphatic carbocycles. The molecule has 6 nitrogen and oxygen atoms in total. The van der Waals surface area contributed by atoms with E-state index in [4.69, 9.17) is 9.84 Å². The Hall–Kier alpha value is -3.22. The van der Waals surface area contributed by atoms with E-state index in [1.165, 1.54) is 35.3 Å². The zero-order valence-corrected chi connectivity index (χ0v) is 12.8. The number of hydrogen-bond donors (Lipinski definition) is 1. The van der Waals surface area contributed by atoms with Gasteiger partial charge in [-0.1, -0.05) is 6.07 Å². The van der Waals surface area contributed by atoms with Crippen LogP contribution in [0.2, 0.25) is 0 Å². The van der Waals surface area contributed by atoms with E-state index in [0.717, 1.165) is 5.56 Å². The Morgan fingerprint density at radius 1 is 1.25 bits per heavy atom. The standard InChI is InChI=1S/C17H14FN3O3/c1-11-8-12(2-3-14(11)18)10-24-16-5-7-20-21(16)15-9-13(17(22)23)4-6-19-15/h2-9H,10H2,1H3,(H,22,23). The average Bonchev–Trinajstić information content (AvgIpc) is 3.04. The second-order valence-electron chi connectivity index (χ2n) is 5.16. The molecular weight excluding hydrogens is 313 g/mol. The van der Waals surface area contributed by atoms with Crippen molar-refractivity contribution in [1.29, 1.82) is 0 Å². The summed E-state index contributed by atoms with van der Waals surface area (Å²) in [7, 11) is 0. The van der Waals surface area contributed by atoms with Gasteiger partial charge in [-0.3, -0.25) is 0 Å². The van der Waals surface area contributed by atoms with E-state index in [-0.39, 0.29) is 18.0 Å². The largest absolute Gasteiger partial charge is 0.478 e. The van der Waals surface area contributed by atoms with Gasteiger partial charge < -0.3 is 9.84 Å². The van der Waals surface area contributed by atoms with Crippen molar-refractivity contribution in [3.63, 3.8) is 0 Å². The van der Waals surface area contributed by atoms with Gasteiger partial charge in [-0.2, -0.15) is 9.78 Å². The molecule has 0 aliphatic rings. The van der Waals surface area contributed by atoms with Gasteiger partial charge in [0.05, 0.1) is 11.8 Å². The number of benzene rings is 1. The van der Waals surface area contributed by atoms with E-state index in [1.54, 1.807) is 25.1 Å². The molecule has 0 fully saturated rings. The topological polar surface area (TPSA) is 77.2 Å². The molecule has 0 saturated carbocycles. The van der Waals surface area contributed by atoms with Crippen molar-refractivity contribution in [2.45, 2.75) is 13.5 Å². The number of rotatable bonds is 5. The number of carboxylic acids is 1. The van der Waals surface area contributed by atoms with Crippen molar-refractivity contribution < 1.29 is 19.0 Å². The number of carbonyl (C=O) groups is 1. The molecule has 3 aromatic rings. The molecular formula is C17H14FN3O3. The van der Waals surface area contributed by atoms with Crippen LogP contribution in [0.5, 0.6) is 5.88 Å². The van der Waals surface area contributed by atoms with Gasteiger partial charge in [0.15, 0.2) is 5.82 Å². The summed E-state index contributed by atoms with van der Waals surface area (Å²) in [6.45, 7) is 1.91. The van der Waals surface area contributed by atoms with Crippen molar-refractivity contribution in [2.75, 3.05) is 0 Å². The van der Waals surface area contributed by atoms with Crippen LogP contribution in [0.25, 0.3) is 5.82 Å². The first-order valence-electron chi connectivity index (χ1n) is 7.16. The summed E-state index contributed by atoms with van der Waals surface area (Å²) >= 11 is 0. The van der Waals surface area contributed by atoms with Gasteiger partial charge in [-0.05, 0) is 42.3 Å². The van der Waals surface area contributed by atoms with Crippen LogP contribution in [-0.2, 0) is 6.61 Å². The predicted molar refractivity (Wildman–Crippen MR) is 83.8 cm³/mol. The quantitative estimate of drug-likeness (QED) is 0.779. The van der Waals surface area contributed by atoms with E-state index >= 15 is 0 Å². The van der Waals surface area contributed by atoms with Crippen LogP contribution in [-0.4, -0.2) is 25.8 Å². The third kappa shape index (κ3) is 3.24. The number of aromatic carboxylic acids is 1. The first-order chi connectivity index (χ1) is 11.5. The fourth-order valence-electron chi connectivity index (χ4n) is 2.19. The van der Waals surface area contributed by atoms with E-state index in [9.17, 15) is 9.18 Å². The highest BCUT2D eigenvalue weighted by molar-refractivity contribution is 5.87. The summed E-state index contributed by atoms with van der Waals surface area (Å²) < 4.78 is 20.4. The highest BCUT2D eigenvalue weighted by atomic mass is 19.1. The maximum absolute atomic E-state index is 13.3. The Labute approximate surface area is 137 Å². The van der Waals surface area contributed by atoms with Crippen LogP contribution in [0.4, 0.5) is 4.39 Å². The Morgan fingerprint density at radius 2 is 2.08 bits per heavy atom. The molecule has 2 heterocycles. The molecule has 1 N–H and O–H groups in total. The van der Waals surface area contributed by atoms with Gasteiger partial charge in [0.2, 0.25) is 5.88 Å². The minimum absolute atomic E-state index is 0.107. The minimum atomic E-state index is -1.05. The molecule has 24 heavy (non-hydrogen) atoms. The monoisotopic (exact) mass is 327 g/mol. The lowest BCUT2D eigenvalue weighted by Gasteiger charge is -2.09. The third-order valence-electron chi connectivity index (χ3n) is 3.43. The number of hydrogen-bond acceptors (Lipinski definition) is 4. The highest BCUT2D eigenvalue weighted by Gasteiger charge is 2.11. The van der Waals surface area contributed by atoms with E-state index in [2.05, 4.69) is 10.1 Å². The number of pyridine rings is 1. The van der Waals surface area contributed by atoms with Crippen LogP contribution < -0.4 is 4.74 Å². The third-order valence-corrected chi connectivity index (χ3v) is 3.43. The van der Waals surface area contributed by atoms with Gasteiger partial charge in [0.1, 0.15) is 12.4 Å². The molecule has 1 aromatic carbocycles. The first kappa shape index (κ1) is 15.7. The van der Waals surface area contributed by atoms with Crippen molar-refractivity contribution in [3.8, 4) is 11.7 Å². The number of ether oxygens (including phenoxy) is 1. The molecule has 0 amide bonds. The minimum Gasteiger partial charge on any atom is -0.478 e. The van der Waals surface area contributed by atoms with Crippen LogP contribution in [0.15, 0.2) is 48.8 Å². The van der Waals surface area contributed by atoms with Crippen molar-refractivity contribution >= 4 is 5.97 Å². The summed E-state index contributed by atoms with van der Waals surface area (Å²) in [4.78, 5) is 15.2. The van der Waals surface area contributed by atoms with E-state index < -0.39 is 5.97 Å². The molecule has 122 valence electrons. The fourth-order valence-corrected chi connectivity index (χ4v) is 2.19. The van der Waals surface area contributed by atoms with Gasteiger partial charge in [0, 0.05) is 12.3 Å². The molecule has 7 heteroatoms. The predicted octanol–water partition coefficient (Wildman–Crippen LogP) is 2.99. The number of aryl methyl sites for hydroxylation is 1. The Balaban J connectivity index is 1.81. The van der Waals surface area contributed by atoms with Crippen LogP contribution in [0.3, 0.4) is 0 Å². The van der Waals surface area contributed by atoms with E-state index in [0.29, 0.717) is 17.3 Å². The average molecular weight is 327 g/mol. The summed E-state index contributed by atoms with van der Waals surface area (Å²) in [6.07, 6.45) is 2.92. The van der Waals surface area contributed by atoms with Gasteiger partial charge in [-0.25, -0.2) is 14.2 Å². The second kappa shape index (κ2) is 6.49. The van der Waals surface area contributed by atoms with E-state index in [1.807, 2.05) is 0 Å². The van der Waals surface area contributed by atoms with Crippen molar-refractivity contribution in [3.05, 3.63) is 71.3 Å². The zero-order chi connectivity index (χ0) is 17.1. The smallest absolute Gasteiger partial charge is 0.335 e. The van der Waals surface area contributed by atoms with Crippen molar-refractivity contribution in [2.24, 2.45) is 0 Å². The maximum Gasteiger partial charge on any atom is 0.335 e. The molecule has 2 aromatic heterocycles. The maximum atomic E-state index is 13.3. The van der Waals surface area contributed by atoms with Crippen LogP contribution >= 0.6 is 0 Å². The number of halogens is 1. The van der Waals surface area contributed by atoms with Crippen molar-refractivity contribution in [1.82, 2.24) is 14.8 Å². The molecule has 0 atom stereocenters. The Kier molecular flexibility index (Phi) is 4.24. The van der Waals surface area contributed by atoms with Gasteiger partial charge in [0.25, 0.3) is 0 Å². The lowest BCUT2D eigenvalue weighted by molar-refractivity contribution is 0.0696. The molecule has 0 aliphatic heterocycles. The Morgan fingerprint density at radius 3 is 2.83 bits per heavy atom. The summed E-state index contributed by atoms with van der Waals surface area (Å²) in [5, 5.41) is 13.2. The Bertz CT molecular complexity index is 892. The number of carboxylic acid groups (broad SMARTS) is 1. The molecule has 3 rings (SSSR count). The SMILES string of the molecule is Cc1cc(COc2ccnn2-c2cc(C(=O)O)ccn2)ccc1F.